The lowest BCUT2D eigenvalue weighted by Crippen LogP contribution is -2.44. The van der Waals surface area contributed by atoms with Gasteiger partial charge in [0.2, 0.25) is 0 Å². The second-order valence-electron chi connectivity index (χ2n) is 10.8. The van der Waals surface area contributed by atoms with Crippen molar-refractivity contribution in [3.63, 3.8) is 0 Å². The monoisotopic (exact) mass is 509 g/mol. The van der Waals surface area contributed by atoms with Gasteiger partial charge in [-0.15, -0.1) is 4.72 Å². The van der Waals surface area contributed by atoms with Crippen LogP contribution in [0.15, 0.2) is 65.2 Å². The number of para-hydroxylation sites is 1. The Bertz CT molecular complexity index is 1330. The molecule has 35 heavy (non-hydrogen) atoms. The van der Waals surface area contributed by atoms with E-state index in [1.54, 1.807) is 6.07 Å². The van der Waals surface area contributed by atoms with E-state index in [1.165, 1.54) is 6.07 Å². The summed E-state index contributed by atoms with van der Waals surface area (Å²) in [4.78, 5) is 4.73. The highest BCUT2D eigenvalue weighted by Gasteiger charge is 2.32. The predicted molar refractivity (Wildman–Crippen MR) is 144 cm³/mol. The molecule has 0 saturated heterocycles. The van der Waals surface area contributed by atoms with Crippen LogP contribution in [-0.4, -0.2) is 27.5 Å². The van der Waals surface area contributed by atoms with Gasteiger partial charge in [-0.3, -0.25) is 4.98 Å². The maximum absolute atomic E-state index is 14.6. The Balaban J connectivity index is 1.81. The van der Waals surface area contributed by atoms with E-state index in [2.05, 4.69) is 29.5 Å². The van der Waals surface area contributed by atoms with Gasteiger partial charge >= 0.3 is 0 Å². The summed E-state index contributed by atoms with van der Waals surface area (Å²) in [7, 11) is -1.98. The summed E-state index contributed by atoms with van der Waals surface area (Å²) in [6.07, 6.45) is 0.451. The van der Waals surface area contributed by atoms with Crippen molar-refractivity contribution in [2.75, 3.05) is 0 Å². The fourth-order valence-electron chi connectivity index (χ4n) is 3.95. The van der Waals surface area contributed by atoms with Gasteiger partial charge in [-0.2, -0.15) is 0 Å². The van der Waals surface area contributed by atoms with E-state index in [4.69, 9.17) is 9.51 Å². The SMILES string of the molecule is CC(C)(C)[S@+]([O-])NC(Cc1ccc(F)c([Si](C)(C)C)n1)c1ccccc1-c1noc2ccccc12. The Morgan fingerprint density at radius 1 is 1.03 bits per heavy atom. The molecule has 0 saturated carbocycles. The standard InChI is InChI=1S/C27H32FN3O2SSi/c1-27(2,3)34(32)31-23(17-18-15-16-22(28)26(29-18)35(4,5)6)19-11-7-8-12-20(19)25-21-13-9-10-14-24(21)33-30-25/h7-16,23,31H,17H2,1-6H3/t23?,34-/m0/s1. The molecule has 2 heterocycles. The molecular weight excluding hydrogens is 477 g/mol. The van der Waals surface area contributed by atoms with E-state index in [-0.39, 0.29) is 11.9 Å². The number of aromatic nitrogens is 2. The molecule has 4 aromatic rings. The van der Waals surface area contributed by atoms with E-state index in [0.717, 1.165) is 27.9 Å². The highest BCUT2D eigenvalue weighted by Crippen LogP contribution is 2.35. The third-order valence-electron chi connectivity index (χ3n) is 5.80. The molecular formula is C27H32FN3O2SSi. The zero-order valence-electron chi connectivity index (χ0n) is 21.1. The van der Waals surface area contributed by atoms with Crippen LogP contribution in [0.5, 0.6) is 0 Å². The fraction of sp³-hybridized carbons (Fsp3) is 0.333. The zero-order chi connectivity index (χ0) is 25.4. The number of rotatable bonds is 7. The molecule has 0 bridgehead atoms. The topological polar surface area (TPSA) is 74.0 Å². The van der Waals surface area contributed by atoms with E-state index >= 15 is 0 Å². The van der Waals surface area contributed by atoms with Gasteiger partial charge in [0, 0.05) is 34.4 Å². The minimum atomic E-state index is -1.98. The first kappa shape index (κ1) is 25.6. The molecule has 0 aliphatic rings. The van der Waals surface area contributed by atoms with Crippen LogP contribution < -0.4 is 10.0 Å². The molecule has 2 atom stereocenters. The highest BCUT2D eigenvalue weighted by molar-refractivity contribution is 7.90. The number of hydrogen-bond donors (Lipinski definition) is 1. The molecule has 2 aromatic carbocycles. The number of halogens is 1. The Hall–Kier alpha value is -2.52. The molecule has 2 aromatic heterocycles. The lowest BCUT2D eigenvalue weighted by molar-refractivity contribution is 0.459. The first-order valence-electron chi connectivity index (χ1n) is 11.7. The van der Waals surface area contributed by atoms with Crippen LogP contribution in [0.1, 0.15) is 38.1 Å². The maximum Gasteiger partial charge on any atom is 0.167 e. The second-order valence-corrected chi connectivity index (χ2v) is 17.7. The van der Waals surface area contributed by atoms with E-state index in [1.807, 2.05) is 69.3 Å². The van der Waals surface area contributed by atoms with Crippen LogP contribution in [0.4, 0.5) is 4.39 Å². The predicted octanol–water partition coefficient (Wildman–Crippen LogP) is 5.91. The van der Waals surface area contributed by atoms with Crippen LogP contribution in [0.3, 0.4) is 0 Å². The van der Waals surface area contributed by atoms with Crippen molar-refractivity contribution in [3.8, 4) is 11.3 Å². The van der Waals surface area contributed by atoms with Gasteiger partial charge in [0.25, 0.3) is 0 Å². The van der Waals surface area contributed by atoms with Gasteiger partial charge in [-0.05, 0) is 50.6 Å². The summed E-state index contributed by atoms with van der Waals surface area (Å²) in [5.41, 5.74) is 4.03. The lowest BCUT2D eigenvalue weighted by atomic mass is 9.94. The minimum Gasteiger partial charge on any atom is -0.598 e. The number of nitrogens with one attached hydrogen (secondary N) is 1. The molecule has 0 fully saturated rings. The van der Waals surface area contributed by atoms with Gasteiger partial charge in [0.1, 0.15) is 24.3 Å². The van der Waals surface area contributed by atoms with Crippen molar-refractivity contribution in [1.82, 2.24) is 14.9 Å². The number of benzene rings is 2. The average Bonchev–Trinajstić information content (AvgIpc) is 3.22. The van der Waals surface area contributed by atoms with Crippen LogP contribution in [0.25, 0.3) is 22.2 Å². The summed E-state index contributed by atoms with van der Waals surface area (Å²) in [6.45, 7) is 12.0. The second kappa shape index (κ2) is 9.85. The number of hydrogen-bond acceptors (Lipinski definition) is 5. The summed E-state index contributed by atoms with van der Waals surface area (Å²) in [5, 5.41) is 5.83. The van der Waals surface area contributed by atoms with Crippen molar-refractivity contribution in [3.05, 3.63) is 77.7 Å². The van der Waals surface area contributed by atoms with Crippen molar-refractivity contribution >= 4 is 35.7 Å². The van der Waals surface area contributed by atoms with Crippen LogP contribution in [0, 0.1) is 5.82 Å². The Morgan fingerprint density at radius 2 is 1.71 bits per heavy atom. The minimum absolute atomic E-state index is 0.259. The maximum atomic E-state index is 14.6. The summed E-state index contributed by atoms with van der Waals surface area (Å²) in [5.74, 6) is -0.259. The van der Waals surface area contributed by atoms with E-state index in [0.29, 0.717) is 17.3 Å². The molecule has 0 amide bonds. The van der Waals surface area contributed by atoms with E-state index in [9.17, 15) is 8.94 Å². The molecule has 8 heteroatoms. The van der Waals surface area contributed by atoms with Crippen molar-refractivity contribution < 1.29 is 13.5 Å². The van der Waals surface area contributed by atoms with Gasteiger partial charge in [-0.1, -0.05) is 61.2 Å². The highest BCUT2D eigenvalue weighted by atomic mass is 32.2. The molecule has 0 aliphatic heterocycles. The molecule has 0 spiro atoms. The van der Waals surface area contributed by atoms with Crippen molar-refractivity contribution in [1.29, 1.82) is 0 Å². The molecule has 184 valence electrons. The Morgan fingerprint density at radius 3 is 2.43 bits per heavy atom. The van der Waals surface area contributed by atoms with Crippen molar-refractivity contribution in [2.24, 2.45) is 0 Å². The normalized spacial score (nSPS) is 14.3. The van der Waals surface area contributed by atoms with Crippen molar-refractivity contribution in [2.45, 2.75) is 57.6 Å². The smallest absolute Gasteiger partial charge is 0.167 e. The summed E-state index contributed by atoms with van der Waals surface area (Å²) < 4.78 is 36.3. The van der Waals surface area contributed by atoms with Gasteiger partial charge in [0.05, 0.1) is 11.4 Å². The third-order valence-corrected chi connectivity index (χ3v) is 9.18. The summed E-state index contributed by atoms with van der Waals surface area (Å²) in [6, 6.07) is 18.6. The largest absolute Gasteiger partial charge is 0.598 e. The molecule has 4 rings (SSSR count). The molecule has 5 nitrogen and oxygen atoms in total. The van der Waals surface area contributed by atoms with Gasteiger partial charge in [-0.25, -0.2) is 4.39 Å². The molecule has 1 N–H and O–H groups in total. The average molecular weight is 510 g/mol. The zero-order valence-corrected chi connectivity index (χ0v) is 22.9. The summed E-state index contributed by atoms with van der Waals surface area (Å²) >= 11 is -1.34. The fourth-order valence-corrected chi connectivity index (χ4v) is 6.05. The van der Waals surface area contributed by atoms with E-state index < -0.39 is 24.2 Å². The van der Waals surface area contributed by atoms with Gasteiger partial charge in [0.15, 0.2) is 5.58 Å². The Labute approximate surface area is 210 Å². The van der Waals surface area contributed by atoms with Gasteiger partial charge < -0.3 is 9.08 Å². The lowest BCUT2D eigenvalue weighted by Gasteiger charge is -2.29. The Kier molecular flexibility index (Phi) is 7.20. The first-order chi connectivity index (χ1) is 16.4. The number of pyridine rings is 1. The van der Waals surface area contributed by atoms with Crippen LogP contribution in [0.2, 0.25) is 19.6 Å². The first-order valence-corrected chi connectivity index (χ1v) is 16.4. The van der Waals surface area contributed by atoms with Crippen LogP contribution >= 0.6 is 0 Å². The molecule has 0 aliphatic carbocycles. The molecule has 1 unspecified atom stereocenters. The van der Waals surface area contributed by atoms with Crippen LogP contribution in [-0.2, 0) is 17.8 Å². The quantitative estimate of drug-likeness (QED) is 0.248. The third kappa shape index (κ3) is 5.67. The number of nitrogens with zero attached hydrogens (tertiary/aromatic N) is 2. The molecule has 0 radical (unpaired) electrons. The number of fused-ring (bicyclic) bond motifs is 1.